The number of aromatic nitrogens is 4. The standard InChI is InChI=1S/C67H87N8O13P/c1-43(2)61(76)71-65-70-60-59(63(78)72-65)69-42-74(60)58-40-66(80,57(87-58)41-85-67(50-18-16-15-17-19-50,51-24-32-55(83-13)33-25-51)52-26-34-56(84-14)35-27-52)88-89(47(9)10,75(45(5)6)46(7)8,86-38-36-68-62(77)48-20-28-53(81-11)29-21-48)39-37-73(44(3)4)64(79)49-22-30-54(82-12)31-23-49/h15-35,42-47,57-58,80H,36-41H2,1-14H3,(H,68,77)(H2,70,71,72,76,78)/t57-,58-,66+/m1/s1. The topological polar surface area (TPSA) is 239 Å². The first-order valence-electron chi connectivity index (χ1n) is 30.1. The van der Waals surface area contributed by atoms with Crippen LogP contribution >= 0.6 is 7.21 Å². The van der Waals surface area contributed by atoms with Crippen LogP contribution in [-0.2, 0) is 28.9 Å². The van der Waals surface area contributed by atoms with Crippen LogP contribution in [0, 0.1) is 5.92 Å². The first-order chi connectivity index (χ1) is 42.5. The number of hydrogen-bond donors (Lipinski definition) is 4. The molecule has 3 atom stereocenters. The van der Waals surface area contributed by atoms with Crippen LogP contribution < -0.4 is 35.1 Å². The quantitative estimate of drug-likeness (QED) is 0.0148. The Labute approximate surface area is 521 Å². The fourth-order valence-electron chi connectivity index (χ4n) is 12.0. The van der Waals surface area contributed by atoms with Crippen molar-refractivity contribution >= 4 is 42.0 Å². The third-order valence-electron chi connectivity index (χ3n) is 16.4. The maximum atomic E-state index is 15.0. The zero-order valence-electron chi connectivity index (χ0n) is 53.5. The summed E-state index contributed by atoms with van der Waals surface area (Å²) in [4.78, 5) is 69.5. The van der Waals surface area contributed by atoms with Crippen LogP contribution in [0.15, 0.2) is 139 Å². The van der Waals surface area contributed by atoms with E-state index >= 15 is 0 Å². The van der Waals surface area contributed by atoms with Crippen molar-refractivity contribution in [3.05, 3.63) is 172 Å². The SMILES string of the molecule is COc1ccc(C(=O)NCCOP(CCN(C(=O)c2ccc(OC)cc2)C(C)C)(O[C@@]2(O)C[C@H](n3cnc4c(=O)[nH]c(NC(=O)C(C)C)nc43)O[C@@H]2COC(c2ccccc2)(c2ccc(OC)cc2)c2ccc(OC)cc2)(C(C)C)N(C(C)C)C(C)C)cc1. The van der Waals surface area contributed by atoms with Gasteiger partial charge in [-0.3, -0.25) is 0 Å². The summed E-state index contributed by atoms with van der Waals surface area (Å²) in [5, 5.41) is 20.3. The Bertz CT molecular complexity index is 3510. The molecule has 2 aromatic heterocycles. The average Bonchev–Trinajstić information content (AvgIpc) is 1.65. The molecule has 7 aromatic rings. The van der Waals surface area contributed by atoms with E-state index < -0.39 is 48.1 Å². The Kier molecular flexibility index (Phi) is 21.4. The predicted octanol–water partition coefficient (Wildman–Crippen LogP) is 10.6. The number of amides is 3. The van der Waals surface area contributed by atoms with Crippen LogP contribution in [0.2, 0.25) is 0 Å². The van der Waals surface area contributed by atoms with Crippen LogP contribution in [0.4, 0.5) is 5.95 Å². The Balaban J connectivity index is 1.35. The van der Waals surface area contributed by atoms with Crippen LogP contribution in [0.5, 0.6) is 23.0 Å². The molecule has 3 amide bonds. The molecule has 0 bridgehead atoms. The molecule has 0 radical (unpaired) electrons. The number of anilines is 1. The Morgan fingerprint density at radius 2 is 1.25 bits per heavy atom. The van der Waals surface area contributed by atoms with E-state index in [9.17, 15) is 24.3 Å². The van der Waals surface area contributed by atoms with Gasteiger partial charge in [0, 0.05) is 0 Å². The number of carbonyl (C=O) groups excluding carboxylic acids is 3. The van der Waals surface area contributed by atoms with E-state index in [-0.39, 0.29) is 91.8 Å². The minimum absolute atomic E-state index is 0.00583. The Hall–Kier alpha value is -7.75. The molecule has 1 aliphatic heterocycles. The van der Waals surface area contributed by atoms with Crippen molar-refractivity contribution in [2.45, 2.75) is 123 Å². The van der Waals surface area contributed by atoms with Gasteiger partial charge in [0.05, 0.1) is 0 Å². The van der Waals surface area contributed by atoms with Crippen LogP contribution in [0.3, 0.4) is 0 Å². The van der Waals surface area contributed by atoms with E-state index in [4.69, 9.17) is 42.5 Å². The maximum absolute atomic E-state index is 15.0. The first kappa shape index (κ1) is 67.2. The summed E-state index contributed by atoms with van der Waals surface area (Å²) in [5.74, 6) is -1.52. The van der Waals surface area contributed by atoms with Gasteiger partial charge in [-0.1, -0.05) is 0 Å². The van der Waals surface area contributed by atoms with Crippen molar-refractivity contribution in [1.82, 2.24) is 34.4 Å². The van der Waals surface area contributed by atoms with Crippen LogP contribution in [0.1, 0.15) is 119 Å². The molecule has 0 saturated carbocycles. The number of hydrogen-bond acceptors (Lipinski definition) is 16. The van der Waals surface area contributed by atoms with E-state index in [0.29, 0.717) is 45.3 Å². The number of methoxy groups -OCH3 is 4. The van der Waals surface area contributed by atoms with E-state index in [1.54, 1.807) is 95.7 Å². The van der Waals surface area contributed by atoms with Crippen molar-refractivity contribution in [3.8, 4) is 23.0 Å². The number of imidazole rings is 1. The number of benzene rings is 5. The van der Waals surface area contributed by atoms with Gasteiger partial charge in [-0.15, -0.1) is 0 Å². The monoisotopic (exact) mass is 1240 g/mol. The number of aromatic amines is 1. The number of rotatable bonds is 29. The zero-order chi connectivity index (χ0) is 64.4. The second-order valence-electron chi connectivity index (χ2n) is 23.6. The molecule has 0 spiro atoms. The summed E-state index contributed by atoms with van der Waals surface area (Å²) in [6, 6.07) is 37.5. The third-order valence-corrected chi connectivity index (χ3v) is 22.8. The number of aliphatic hydroxyl groups is 1. The van der Waals surface area contributed by atoms with Gasteiger partial charge in [-0.25, -0.2) is 0 Å². The molecule has 478 valence electrons. The molecular formula is C67H87N8O13P. The molecule has 0 unspecified atom stereocenters. The molecule has 1 saturated heterocycles. The molecule has 22 heteroatoms. The van der Waals surface area contributed by atoms with Gasteiger partial charge in [0.2, 0.25) is 0 Å². The fraction of sp³-hybridized carbons (Fsp3) is 0.433. The zero-order valence-corrected chi connectivity index (χ0v) is 54.4. The second kappa shape index (κ2) is 28.4. The normalized spacial score (nSPS) is 16.7. The molecule has 3 heterocycles. The number of H-pyrrole nitrogens is 1. The van der Waals surface area contributed by atoms with Gasteiger partial charge in [-0.05, 0) is 0 Å². The molecule has 21 nitrogen and oxygen atoms in total. The summed E-state index contributed by atoms with van der Waals surface area (Å²) in [7, 11) is 1.36. The molecule has 8 rings (SSSR count). The first-order valence-corrected chi connectivity index (χ1v) is 32.4. The predicted molar refractivity (Wildman–Crippen MR) is 344 cm³/mol. The van der Waals surface area contributed by atoms with Crippen molar-refractivity contribution < 1.29 is 57.0 Å². The number of nitrogens with one attached hydrogen (secondary N) is 3. The van der Waals surface area contributed by atoms with Crippen molar-refractivity contribution in [3.63, 3.8) is 0 Å². The van der Waals surface area contributed by atoms with Gasteiger partial charge in [0.25, 0.3) is 0 Å². The van der Waals surface area contributed by atoms with Gasteiger partial charge in [-0.2, -0.15) is 0 Å². The van der Waals surface area contributed by atoms with Crippen LogP contribution in [-0.4, -0.2) is 148 Å². The van der Waals surface area contributed by atoms with Gasteiger partial charge in [0.1, 0.15) is 0 Å². The van der Waals surface area contributed by atoms with E-state index in [1.165, 1.54) is 10.9 Å². The molecule has 89 heavy (non-hydrogen) atoms. The van der Waals surface area contributed by atoms with Gasteiger partial charge >= 0.3 is 524 Å². The number of ether oxygens (including phenoxy) is 6. The van der Waals surface area contributed by atoms with Crippen molar-refractivity contribution in [2.24, 2.45) is 5.92 Å². The third kappa shape index (κ3) is 14.0. The van der Waals surface area contributed by atoms with Crippen molar-refractivity contribution in [2.75, 3.05) is 66.2 Å². The number of carbonyl (C=O) groups is 3. The van der Waals surface area contributed by atoms with Gasteiger partial charge in [0.15, 0.2) is 0 Å². The summed E-state index contributed by atoms with van der Waals surface area (Å²) >= 11 is 0. The molecule has 1 fully saturated rings. The average molecular weight is 1240 g/mol. The molecule has 0 aliphatic carbocycles. The minimum atomic E-state index is -4.96. The molecule has 4 N–H and O–H groups in total. The summed E-state index contributed by atoms with van der Waals surface area (Å²) in [6.07, 6.45) is -1.47. The molecular weight excluding hydrogens is 1160 g/mol. The Morgan fingerprint density at radius 3 is 1.74 bits per heavy atom. The number of fused-ring (bicyclic) bond motifs is 1. The summed E-state index contributed by atoms with van der Waals surface area (Å²) in [5.41, 5.74) is 0.354. The second-order valence-corrected chi connectivity index (χ2v) is 28.3. The van der Waals surface area contributed by atoms with Crippen LogP contribution in [0.25, 0.3) is 11.2 Å². The molecule has 1 aliphatic rings. The molecule has 5 aromatic carbocycles. The van der Waals surface area contributed by atoms with E-state index in [1.807, 2.05) is 134 Å². The van der Waals surface area contributed by atoms with Gasteiger partial charge < -0.3 is 0 Å². The van der Waals surface area contributed by atoms with E-state index in [0.717, 1.165) is 5.56 Å². The summed E-state index contributed by atoms with van der Waals surface area (Å²) < 4.78 is 56.6. The Morgan fingerprint density at radius 1 is 0.730 bits per heavy atom. The van der Waals surface area contributed by atoms with Crippen molar-refractivity contribution in [1.29, 1.82) is 0 Å². The fourth-order valence-corrected chi connectivity index (χ4v) is 18.1. The number of nitrogens with zero attached hydrogens (tertiary/aromatic N) is 5. The summed E-state index contributed by atoms with van der Waals surface area (Å²) in [6.45, 7) is 19.1. The van der Waals surface area contributed by atoms with E-state index in [2.05, 4.69) is 25.3 Å².